The van der Waals surface area contributed by atoms with Crippen molar-refractivity contribution < 1.29 is 124 Å². The van der Waals surface area contributed by atoms with Crippen molar-refractivity contribution in [3.05, 3.63) is 139 Å². The van der Waals surface area contributed by atoms with Gasteiger partial charge in [0.05, 0.1) is 57.2 Å². The number of benzene rings is 4. The Labute approximate surface area is 721 Å². The summed E-state index contributed by atoms with van der Waals surface area (Å²) in [4.78, 5) is 85.2. The fraction of sp³-hybridized carbons (Fsp3) is 0.523. The summed E-state index contributed by atoms with van der Waals surface area (Å²) < 4.78 is 163. The molecule has 4 aliphatic carbocycles. The summed E-state index contributed by atoms with van der Waals surface area (Å²) in [7, 11) is -15.2. The number of ether oxygens (including phenoxy) is 3. The summed E-state index contributed by atoms with van der Waals surface area (Å²) in [6.45, 7) is 9.03. The van der Waals surface area contributed by atoms with Gasteiger partial charge in [-0.15, -0.1) is 0 Å². The van der Waals surface area contributed by atoms with Crippen LogP contribution in [0, 0.1) is 94.3 Å². The topological polar surface area (TPSA) is 398 Å². The van der Waals surface area contributed by atoms with Gasteiger partial charge in [-0.3, -0.25) is 19.2 Å². The zero-order valence-corrected chi connectivity index (χ0v) is 74.3. The zero-order valence-electron chi connectivity index (χ0n) is 69.5. The number of halogens is 5. The third kappa shape index (κ3) is 26.9. The van der Waals surface area contributed by atoms with E-state index in [1.807, 2.05) is 0 Å². The summed E-state index contributed by atoms with van der Waals surface area (Å²) in [6.07, 6.45) is 12.0. The lowest BCUT2D eigenvalue weighted by Crippen LogP contribution is -2.52. The van der Waals surface area contributed by atoms with E-state index in [1.54, 1.807) is 62.4 Å². The molecule has 5 heterocycles. The second kappa shape index (κ2) is 41.4. The number of esters is 2. The van der Waals surface area contributed by atoms with Gasteiger partial charge in [-0.05, 0) is 170 Å². The van der Waals surface area contributed by atoms with Gasteiger partial charge in [-0.25, -0.2) is 66.3 Å². The van der Waals surface area contributed by atoms with Crippen molar-refractivity contribution >= 4 is 108 Å². The summed E-state index contributed by atoms with van der Waals surface area (Å²) >= 11 is 3.08. The van der Waals surface area contributed by atoms with Crippen molar-refractivity contribution in [1.29, 1.82) is 0 Å². The Morgan fingerprint density at radius 3 is 1.07 bits per heavy atom. The quantitative estimate of drug-likeness (QED) is 0.0254. The molecular formula is C86H98BrF4N5O23S4. The van der Waals surface area contributed by atoms with Crippen molar-refractivity contribution in [2.24, 2.45) is 44.3 Å². The predicted octanol–water partition coefficient (Wildman–Crippen LogP) is 11.4. The van der Waals surface area contributed by atoms with Gasteiger partial charge < -0.3 is 43.8 Å². The lowest BCUT2D eigenvalue weighted by molar-refractivity contribution is -0.201. The van der Waals surface area contributed by atoms with Gasteiger partial charge in [0.25, 0.3) is 5.91 Å². The number of nitrogens with zero attached hydrogens (tertiary/aromatic N) is 4. The first-order valence-electron chi connectivity index (χ1n) is 39.8. The average Bonchev–Trinajstić information content (AvgIpc) is 1.55. The number of carboxylic acids is 2. The molecule has 4 saturated carbocycles. The fourth-order valence-electron chi connectivity index (χ4n) is 12.4. The second-order valence-corrected chi connectivity index (χ2v) is 42.6. The van der Waals surface area contributed by atoms with Crippen LogP contribution in [0.2, 0.25) is 0 Å². The van der Waals surface area contributed by atoms with Crippen molar-refractivity contribution in [1.82, 2.24) is 5.48 Å². The molecule has 123 heavy (non-hydrogen) atoms. The highest BCUT2D eigenvalue weighted by atomic mass is 79.9. The molecule has 0 aromatic heterocycles. The van der Waals surface area contributed by atoms with Gasteiger partial charge >= 0.3 is 23.9 Å². The smallest absolute Gasteiger partial charge is 0.381 e. The van der Waals surface area contributed by atoms with Crippen LogP contribution >= 0.6 is 15.9 Å². The number of sulfone groups is 4. The van der Waals surface area contributed by atoms with Crippen LogP contribution in [0.3, 0.4) is 0 Å². The van der Waals surface area contributed by atoms with E-state index in [0.29, 0.717) is 103 Å². The summed E-state index contributed by atoms with van der Waals surface area (Å²) in [5.41, 5.74) is 7.27. The van der Waals surface area contributed by atoms with Crippen molar-refractivity contribution in [3.8, 4) is 47.4 Å². The maximum atomic E-state index is 14.5. The molecule has 3 N–H and O–H groups in total. The van der Waals surface area contributed by atoms with Gasteiger partial charge in [0, 0.05) is 141 Å². The second-order valence-electron chi connectivity index (χ2n) is 32.0. The molecule has 5 fully saturated rings. The highest BCUT2D eigenvalue weighted by Gasteiger charge is 2.52. The van der Waals surface area contributed by atoms with Gasteiger partial charge in [0.2, 0.25) is 0 Å². The van der Waals surface area contributed by atoms with E-state index in [2.05, 4.69) is 89.4 Å². The fourth-order valence-corrected chi connectivity index (χ4v) is 16.0. The molecule has 13 rings (SSSR count). The first-order valence-corrected chi connectivity index (χ1v) is 48.1. The molecule has 9 atom stereocenters. The van der Waals surface area contributed by atoms with Crippen molar-refractivity contribution in [2.75, 3.05) is 44.8 Å². The molecule has 4 aromatic carbocycles. The van der Waals surface area contributed by atoms with Gasteiger partial charge in [-0.1, -0.05) is 86.3 Å². The molecule has 1 saturated heterocycles. The van der Waals surface area contributed by atoms with Crippen LogP contribution in [0.1, 0.15) is 202 Å². The lowest BCUT2D eigenvalue weighted by atomic mass is 9.96. The Kier molecular flexibility index (Phi) is 32.7. The van der Waals surface area contributed by atoms with E-state index in [-0.39, 0.29) is 64.6 Å². The summed E-state index contributed by atoms with van der Waals surface area (Å²) in [6, 6.07) is 18.5. The predicted molar refractivity (Wildman–Crippen MR) is 450 cm³/mol. The lowest BCUT2D eigenvalue weighted by Gasteiger charge is -2.29. The summed E-state index contributed by atoms with van der Waals surface area (Å²) in [5.74, 6) is 17.2. The van der Waals surface area contributed by atoms with E-state index >= 15 is 0 Å². The largest absolute Gasteiger partial charge is 0.480 e. The number of carbonyl (C=O) groups excluding carboxylic acids is 3. The van der Waals surface area contributed by atoms with Crippen LogP contribution < -0.4 is 5.48 Å². The Bertz CT molecular complexity index is 5570. The number of carboxylic acid groups (broad SMARTS) is 2. The molecule has 37 heteroatoms. The van der Waals surface area contributed by atoms with Crippen LogP contribution in [0.25, 0.3) is 0 Å². The third-order valence-electron chi connectivity index (χ3n) is 21.5. The Balaban J connectivity index is 0.000000181. The summed E-state index contributed by atoms with van der Waals surface area (Å²) in [5, 5.41) is 33.2. The molecule has 664 valence electrons. The standard InChI is InChI=1S/C24H29FN2O6S.C21H24FNO5S.C19H20FNO5S.C16H19BrFNO5S.C6H6O2/c1-24(34(2,29)30,23(28)27-33-22-5-3-4-12-31-22)15-19-14-21(26-32-19)18-11-10-17(20(25)13-18)9-8-16-6-7-16;1-4-27-20(24)21(2,29(3,25)26)13-17-12-19(23-28-17)16-10-9-15(18(22)11-16)8-7-14-5-6-14;1-19(18(22)23,27(2,24)25)11-15-10-17(21-26-15)14-8-7-13(16(20)9-14)6-5-12-3-4-12;1-4-23-15(20)16(2,25(3,21)22)9-11-8-14(19-24-11)10-5-6-12(17)13(18)7-10;7-6(8)4-3-5-1-2-5/h10-11,13,16,19,22H,3-7,12,14-15H2,1-2H3,(H,27,28);9-11,14,17H,4-6,12-13H2,1-3H3;7-9,12,15H,3-4,10-11H2,1-2H3,(H,22,23);5-7,11H,4,8-9H2,1-3H3;5H,1-2H2,(H,7,8). The van der Waals surface area contributed by atoms with E-state index in [1.165, 1.54) is 45.0 Å². The van der Waals surface area contributed by atoms with Gasteiger partial charge in [0.1, 0.15) is 47.7 Å². The van der Waals surface area contributed by atoms with Crippen LogP contribution in [0.15, 0.2) is 97.9 Å². The maximum absolute atomic E-state index is 14.5. The number of amides is 1. The molecule has 0 bridgehead atoms. The van der Waals surface area contributed by atoms with E-state index in [9.17, 15) is 80.3 Å². The average molecular weight is 1850 g/mol. The SMILES string of the molecule is CC(CC1CC(c2ccc(C#CC3CC3)c(F)c2)=NO1)(C(=O)NOC1CCCCO1)S(C)(=O)=O.CC(CC1CC(c2ccc(C#CC3CC3)c(F)c2)=NO1)(C(=O)O)S(C)(=O)=O.CCOC(=O)C(C)(CC1CC(c2ccc(Br)c(F)c2)=NO1)S(C)(=O)=O.CCOC(=O)C(C)(CC1CC(c2ccc(C#CC3CC3)c(F)c2)=NO1)S(C)(=O)=O.O=C(O)C#CC1CC1. The monoisotopic (exact) mass is 1850 g/mol. The van der Waals surface area contributed by atoms with Crippen LogP contribution in [0.4, 0.5) is 17.6 Å². The number of hydrogen-bond donors (Lipinski definition) is 3. The zero-order chi connectivity index (χ0) is 90.2. The highest BCUT2D eigenvalue weighted by Crippen LogP contribution is 2.37. The number of aliphatic carboxylic acids is 2. The maximum Gasteiger partial charge on any atom is 0.381 e. The van der Waals surface area contributed by atoms with Gasteiger partial charge in [0.15, 0.2) is 64.6 Å². The molecule has 28 nitrogen and oxygen atoms in total. The van der Waals surface area contributed by atoms with E-state index in [4.69, 9.17) is 43.5 Å². The van der Waals surface area contributed by atoms with Crippen LogP contribution in [-0.2, 0) is 102 Å². The van der Waals surface area contributed by atoms with Gasteiger partial charge in [-0.2, -0.15) is 0 Å². The van der Waals surface area contributed by atoms with E-state index in [0.717, 1.165) is 96.2 Å². The third-order valence-corrected chi connectivity index (χ3v) is 30.1. The molecule has 0 spiro atoms. The Hall–Kier alpha value is -9.73. The van der Waals surface area contributed by atoms with Crippen LogP contribution in [0.5, 0.6) is 0 Å². The highest BCUT2D eigenvalue weighted by molar-refractivity contribution is 9.10. The normalized spacial score (nSPS) is 21.4. The minimum atomic E-state index is -3.86. The number of oxime groups is 4. The molecule has 9 aliphatic rings. The molecule has 0 radical (unpaired) electrons. The number of nitrogens with one attached hydrogen (secondary N) is 1. The van der Waals surface area contributed by atoms with Crippen molar-refractivity contribution in [2.45, 2.75) is 213 Å². The number of hydrogen-bond acceptors (Lipinski definition) is 25. The molecular weight excluding hydrogens is 1760 g/mol. The minimum absolute atomic E-state index is 0.0759. The first kappa shape index (κ1) is 97.1. The first-order chi connectivity index (χ1) is 57.8. The molecule has 9 unspecified atom stereocenters. The van der Waals surface area contributed by atoms with Crippen molar-refractivity contribution in [3.63, 3.8) is 0 Å². The molecule has 4 aromatic rings. The minimum Gasteiger partial charge on any atom is -0.480 e. The number of rotatable bonds is 24. The molecule has 5 aliphatic heterocycles. The Morgan fingerprint density at radius 2 is 0.780 bits per heavy atom. The van der Waals surface area contributed by atoms with E-state index < -0.39 is 142 Å². The number of carbonyl (C=O) groups is 5. The number of hydroxylamine groups is 1. The Morgan fingerprint density at radius 1 is 0.463 bits per heavy atom. The van der Waals surface area contributed by atoms with Crippen LogP contribution in [-0.4, -0.2) is 191 Å². The molecule has 1 amide bonds.